The fourth-order valence-electron chi connectivity index (χ4n) is 9.04. The Hall–Kier alpha value is -4.97. The van der Waals surface area contributed by atoms with Gasteiger partial charge in [0.05, 0.1) is 0 Å². The molecule has 0 spiro atoms. The third-order valence-corrected chi connectivity index (χ3v) is 14.0. The van der Waals surface area contributed by atoms with Crippen molar-refractivity contribution in [2.75, 3.05) is 13.2 Å². The largest absolute Gasteiger partial charge is 0.462 e. The zero-order chi connectivity index (χ0) is 59.9. The highest BCUT2D eigenvalue weighted by Crippen LogP contribution is 2.16. The molecule has 0 amide bonds. The van der Waals surface area contributed by atoms with Crippen molar-refractivity contribution < 1.29 is 28.6 Å². The van der Waals surface area contributed by atoms with Gasteiger partial charge in [-0.05, 0) is 116 Å². The highest BCUT2D eigenvalue weighted by atomic mass is 16.6. The van der Waals surface area contributed by atoms with Crippen molar-refractivity contribution in [2.24, 2.45) is 0 Å². The molecule has 83 heavy (non-hydrogen) atoms. The summed E-state index contributed by atoms with van der Waals surface area (Å²) in [5.41, 5.74) is 0. The molecule has 6 nitrogen and oxygen atoms in total. The molecule has 0 N–H and O–H groups in total. The van der Waals surface area contributed by atoms with Gasteiger partial charge in [0.15, 0.2) is 6.10 Å². The predicted octanol–water partition coefficient (Wildman–Crippen LogP) is 23.7. The average Bonchev–Trinajstić information content (AvgIpc) is 3.49. The van der Waals surface area contributed by atoms with Crippen LogP contribution in [0.3, 0.4) is 0 Å². The van der Waals surface area contributed by atoms with Crippen LogP contribution in [0.4, 0.5) is 0 Å². The molecule has 0 fully saturated rings. The molecule has 0 saturated carbocycles. The molecule has 1 unspecified atom stereocenters. The molecule has 0 saturated heterocycles. The van der Waals surface area contributed by atoms with Gasteiger partial charge < -0.3 is 14.2 Å². The van der Waals surface area contributed by atoms with Crippen LogP contribution in [0.1, 0.15) is 290 Å². The summed E-state index contributed by atoms with van der Waals surface area (Å²) in [7, 11) is 0. The molecule has 0 aliphatic heterocycles. The van der Waals surface area contributed by atoms with Crippen LogP contribution in [0, 0.1) is 0 Å². The van der Waals surface area contributed by atoms with E-state index in [-0.39, 0.29) is 31.6 Å². The Balaban J connectivity index is 4.34. The van der Waals surface area contributed by atoms with Gasteiger partial charge in [-0.3, -0.25) is 14.4 Å². The first-order valence-electron chi connectivity index (χ1n) is 34.0. The van der Waals surface area contributed by atoms with Crippen LogP contribution < -0.4 is 0 Å². The van der Waals surface area contributed by atoms with E-state index < -0.39 is 12.1 Å². The molecule has 0 aromatic heterocycles. The zero-order valence-electron chi connectivity index (χ0n) is 53.7. The van der Waals surface area contributed by atoms with Crippen LogP contribution in [-0.4, -0.2) is 37.2 Å². The summed E-state index contributed by atoms with van der Waals surface area (Å²) < 4.78 is 16.9. The maximum absolute atomic E-state index is 12.9. The average molecular weight is 1150 g/mol. The molecule has 0 aliphatic carbocycles. The molecule has 0 heterocycles. The van der Waals surface area contributed by atoms with Crippen molar-refractivity contribution in [1.29, 1.82) is 0 Å². The summed E-state index contributed by atoms with van der Waals surface area (Å²) in [5, 5.41) is 0. The molecular formula is C77H124O6. The van der Waals surface area contributed by atoms with Crippen LogP contribution >= 0.6 is 0 Å². The smallest absolute Gasteiger partial charge is 0.306 e. The molecule has 0 aromatic carbocycles. The Labute approximate surface area is 511 Å². The maximum Gasteiger partial charge on any atom is 0.306 e. The first-order valence-corrected chi connectivity index (χ1v) is 34.0. The van der Waals surface area contributed by atoms with Crippen LogP contribution in [0.5, 0.6) is 0 Å². The van der Waals surface area contributed by atoms with E-state index in [0.29, 0.717) is 19.3 Å². The Morgan fingerprint density at radius 2 is 0.494 bits per heavy atom. The minimum absolute atomic E-state index is 0.111. The topological polar surface area (TPSA) is 78.9 Å². The van der Waals surface area contributed by atoms with Gasteiger partial charge in [-0.15, -0.1) is 0 Å². The number of hydrogen-bond acceptors (Lipinski definition) is 6. The normalized spacial score (nSPS) is 13.1. The molecule has 0 aromatic rings. The molecule has 0 bridgehead atoms. The van der Waals surface area contributed by atoms with Crippen molar-refractivity contribution in [3.63, 3.8) is 0 Å². The van der Waals surface area contributed by atoms with Gasteiger partial charge in [0.25, 0.3) is 0 Å². The number of hydrogen-bond donors (Lipinski definition) is 0. The molecule has 1 atom stereocenters. The lowest BCUT2D eigenvalue weighted by Crippen LogP contribution is -2.30. The zero-order valence-corrected chi connectivity index (χ0v) is 53.7. The fourth-order valence-corrected chi connectivity index (χ4v) is 9.04. The Kier molecular flexibility index (Phi) is 65.4. The summed E-state index contributed by atoms with van der Waals surface area (Å²) in [6.07, 6.45) is 101. The van der Waals surface area contributed by atoms with Crippen molar-refractivity contribution >= 4 is 17.9 Å². The number of rotatable bonds is 60. The predicted molar refractivity (Wildman–Crippen MR) is 362 cm³/mol. The third kappa shape index (κ3) is 67.7. The lowest BCUT2D eigenvalue weighted by atomic mass is 10.0. The molecule has 468 valence electrons. The summed E-state index contributed by atoms with van der Waals surface area (Å²) in [4.78, 5) is 38.3. The maximum atomic E-state index is 12.9. The van der Waals surface area contributed by atoms with Crippen LogP contribution in [0.15, 0.2) is 158 Å². The van der Waals surface area contributed by atoms with Crippen molar-refractivity contribution in [3.05, 3.63) is 158 Å². The third-order valence-electron chi connectivity index (χ3n) is 14.0. The molecule has 0 radical (unpaired) electrons. The first kappa shape index (κ1) is 78.0. The highest BCUT2D eigenvalue weighted by Gasteiger charge is 2.19. The molecule has 6 heteroatoms. The Morgan fingerprint density at radius 1 is 0.253 bits per heavy atom. The quantitative estimate of drug-likeness (QED) is 0.0261. The van der Waals surface area contributed by atoms with Crippen LogP contribution in [0.2, 0.25) is 0 Å². The van der Waals surface area contributed by atoms with Gasteiger partial charge in [-0.2, -0.15) is 0 Å². The summed E-state index contributed by atoms with van der Waals surface area (Å²) >= 11 is 0. The highest BCUT2D eigenvalue weighted by molar-refractivity contribution is 5.71. The van der Waals surface area contributed by atoms with E-state index in [9.17, 15) is 14.4 Å². The molecule has 0 aliphatic rings. The van der Waals surface area contributed by atoms with E-state index in [1.165, 1.54) is 122 Å². The van der Waals surface area contributed by atoms with Crippen molar-refractivity contribution in [1.82, 2.24) is 0 Å². The van der Waals surface area contributed by atoms with Crippen LogP contribution in [0.25, 0.3) is 0 Å². The van der Waals surface area contributed by atoms with Gasteiger partial charge in [-0.1, -0.05) is 314 Å². The van der Waals surface area contributed by atoms with Crippen molar-refractivity contribution in [2.45, 2.75) is 297 Å². The Bertz CT molecular complexity index is 1840. The second-order valence-corrected chi connectivity index (χ2v) is 22.0. The van der Waals surface area contributed by atoms with Gasteiger partial charge in [0.2, 0.25) is 0 Å². The van der Waals surface area contributed by atoms with Gasteiger partial charge in [0, 0.05) is 19.3 Å². The molecular weight excluding hydrogens is 1020 g/mol. The number of allylic oxidation sites excluding steroid dienone is 26. The van der Waals surface area contributed by atoms with E-state index in [1.54, 1.807) is 0 Å². The summed E-state index contributed by atoms with van der Waals surface area (Å²) in [6.45, 7) is 6.36. The second kappa shape index (κ2) is 69.5. The first-order chi connectivity index (χ1) is 41.0. The van der Waals surface area contributed by atoms with E-state index in [1.807, 2.05) is 6.08 Å². The van der Waals surface area contributed by atoms with E-state index in [0.717, 1.165) is 122 Å². The van der Waals surface area contributed by atoms with Gasteiger partial charge >= 0.3 is 17.9 Å². The summed E-state index contributed by atoms with van der Waals surface area (Å²) in [6, 6.07) is 0. The Morgan fingerprint density at radius 3 is 0.783 bits per heavy atom. The number of carbonyl (C=O) groups excluding carboxylic acids is 3. The fraction of sp³-hybridized carbons (Fsp3) is 0.623. The van der Waals surface area contributed by atoms with E-state index in [2.05, 4.69) is 173 Å². The van der Waals surface area contributed by atoms with Crippen LogP contribution in [-0.2, 0) is 28.6 Å². The number of carbonyl (C=O) groups is 3. The monoisotopic (exact) mass is 1140 g/mol. The second-order valence-electron chi connectivity index (χ2n) is 22.0. The molecule has 0 rings (SSSR count). The van der Waals surface area contributed by atoms with Gasteiger partial charge in [0.1, 0.15) is 13.2 Å². The SMILES string of the molecule is CC/C=C\C/C=C\C/C=C\C/C=C\C/C=C\C/C=C\C/C=C\CCCCCCCCCCCCCC(=O)OCC(COC(=O)CCCCCCCCCCCCCCC)OC(=O)CC/C=C\C/C=C\C/C=C\C/C=C\C/C=C\C/C=C\CC. The number of unbranched alkanes of at least 4 members (excludes halogenated alkanes) is 23. The number of ether oxygens (including phenoxy) is 3. The summed E-state index contributed by atoms with van der Waals surface area (Å²) in [5.74, 6) is -0.997. The lowest BCUT2D eigenvalue weighted by molar-refractivity contribution is -0.166. The minimum atomic E-state index is -0.825. The van der Waals surface area contributed by atoms with Crippen molar-refractivity contribution in [3.8, 4) is 0 Å². The minimum Gasteiger partial charge on any atom is -0.462 e. The van der Waals surface area contributed by atoms with E-state index in [4.69, 9.17) is 14.2 Å². The lowest BCUT2D eigenvalue weighted by Gasteiger charge is -2.18. The van der Waals surface area contributed by atoms with Gasteiger partial charge in [-0.25, -0.2) is 0 Å². The number of esters is 3. The van der Waals surface area contributed by atoms with E-state index >= 15 is 0 Å². The standard InChI is InChI=1S/C77H124O6/c1-4-7-10-13-16-19-22-25-27-29-31-32-33-34-35-36-37-38-39-40-41-42-43-44-46-47-49-52-55-58-61-64-67-70-76(79)82-73-74(72-81-75(78)69-66-63-60-57-54-51-24-21-18-15-12-9-6-3)83-77(80)71-68-65-62-59-56-53-50-48-45-30-28-26-23-20-17-14-11-8-5-2/h7-8,10-11,16-17,19-20,25-28,31-32,34-35,37-38,40-41,45,48,53,56,62,65,74H,4-6,9,12-15,18,21-24,29-30,33,36,39,42-44,46-47,49-52,54-55,57-61,63-64,66-73H2,1-3H3/b10-7-,11-8-,19-16-,20-17-,27-25-,28-26-,32-31-,35-34-,38-37-,41-40-,48-45-,56-53-,65-62-.